The van der Waals surface area contributed by atoms with Gasteiger partial charge in [-0.25, -0.2) is 0 Å². The van der Waals surface area contributed by atoms with Crippen molar-refractivity contribution < 1.29 is 0 Å². The predicted molar refractivity (Wildman–Crippen MR) is 89.3 cm³/mol. The summed E-state index contributed by atoms with van der Waals surface area (Å²) >= 11 is 0. The summed E-state index contributed by atoms with van der Waals surface area (Å²) in [7, 11) is 0. The summed E-state index contributed by atoms with van der Waals surface area (Å²) in [6.45, 7) is 24.6. The fraction of sp³-hybridized carbons (Fsp3) is 1.00. The van der Waals surface area contributed by atoms with Crippen LogP contribution in [0.4, 0.5) is 0 Å². The van der Waals surface area contributed by atoms with Gasteiger partial charge < -0.3 is 15.1 Å². The Kier molecular flexibility index (Phi) is 6.49. The summed E-state index contributed by atoms with van der Waals surface area (Å²) in [4.78, 5) is 5.25. The highest BCUT2D eigenvalue weighted by molar-refractivity contribution is 4.83. The van der Waals surface area contributed by atoms with E-state index in [4.69, 9.17) is 0 Å². The van der Waals surface area contributed by atoms with Gasteiger partial charge in [0.05, 0.1) is 0 Å². The van der Waals surface area contributed by atoms with E-state index in [2.05, 4.69) is 63.6 Å². The second-order valence-electron chi connectivity index (χ2n) is 8.74. The van der Waals surface area contributed by atoms with Crippen molar-refractivity contribution in [3.05, 3.63) is 0 Å². The van der Waals surface area contributed by atoms with Gasteiger partial charge in [0.1, 0.15) is 0 Å². The van der Waals surface area contributed by atoms with Crippen molar-refractivity contribution in [2.75, 3.05) is 45.8 Å². The first-order chi connectivity index (χ1) is 9.07. The maximum Gasteiger partial charge on any atom is 0.0110 e. The lowest BCUT2D eigenvalue weighted by Crippen LogP contribution is -2.52. The van der Waals surface area contributed by atoms with Gasteiger partial charge >= 0.3 is 0 Å². The SMILES string of the molecule is CC(C)CN1CCN(CC(C)(C)CNC(C)(C)C)CC1. The van der Waals surface area contributed by atoms with E-state index in [9.17, 15) is 0 Å². The summed E-state index contributed by atoms with van der Waals surface area (Å²) in [5, 5.41) is 3.65. The lowest BCUT2D eigenvalue weighted by Gasteiger charge is -2.40. The third-order valence-electron chi connectivity index (χ3n) is 3.84. The standard InChI is InChI=1S/C17H37N3/c1-15(2)12-19-8-10-20(11-9-19)14-17(6,7)13-18-16(3,4)5/h15,18H,8-14H2,1-7H3. The second kappa shape index (κ2) is 7.24. The van der Waals surface area contributed by atoms with Crippen LogP contribution >= 0.6 is 0 Å². The molecule has 0 radical (unpaired) electrons. The Morgan fingerprint density at radius 1 is 0.900 bits per heavy atom. The molecule has 0 atom stereocenters. The van der Waals surface area contributed by atoms with Crippen LogP contribution in [0.25, 0.3) is 0 Å². The molecule has 0 unspecified atom stereocenters. The zero-order chi connectivity index (χ0) is 15.4. The number of hydrogen-bond acceptors (Lipinski definition) is 3. The lowest BCUT2D eigenvalue weighted by molar-refractivity contribution is 0.0878. The molecule has 20 heavy (non-hydrogen) atoms. The number of rotatable bonds is 6. The molecule has 0 amide bonds. The van der Waals surface area contributed by atoms with Crippen LogP contribution in [0.15, 0.2) is 0 Å². The van der Waals surface area contributed by atoms with Gasteiger partial charge in [-0.3, -0.25) is 0 Å². The van der Waals surface area contributed by atoms with Gasteiger partial charge in [0.25, 0.3) is 0 Å². The minimum atomic E-state index is 0.216. The molecule has 0 aromatic carbocycles. The maximum atomic E-state index is 3.65. The van der Waals surface area contributed by atoms with Crippen LogP contribution in [0.1, 0.15) is 48.5 Å². The molecule has 0 aromatic heterocycles. The number of piperazine rings is 1. The van der Waals surface area contributed by atoms with Crippen molar-refractivity contribution in [3.8, 4) is 0 Å². The third kappa shape index (κ3) is 7.61. The molecule has 3 nitrogen and oxygen atoms in total. The topological polar surface area (TPSA) is 18.5 Å². The van der Waals surface area contributed by atoms with E-state index in [0.29, 0.717) is 5.41 Å². The fourth-order valence-electron chi connectivity index (χ4n) is 2.81. The summed E-state index contributed by atoms with van der Waals surface area (Å²) in [6, 6.07) is 0. The molecule has 1 heterocycles. The van der Waals surface area contributed by atoms with Crippen LogP contribution < -0.4 is 5.32 Å². The Morgan fingerprint density at radius 3 is 1.85 bits per heavy atom. The highest BCUT2D eigenvalue weighted by Crippen LogP contribution is 2.18. The smallest absolute Gasteiger partial charge is 0.0110 e. The van der Waals surface area contributed by atoms with E-state index in [1.165, 1.54) is 39.3 Å². The van der Waals surface area contributed by atoms with Crippen LogP contribution in [0, 0.1) is 11.3 Å². The summed E-state index contributed by atoms with van der Waals surface area (Å²) in [5.74, 6) is 0.786. The van der Waals surface area contributed by atoms with Crippen LogP contribution in [-0.2, 0) is 0 Å². The van der Waals surface area contributed by atoms with Crippen molar-refractivity contribution in [3.63, 3.8) is 0 Å². The van der Waals surface area contributed by atoms with Crippen LogP contribution in [-0.4, -0.2) is 61.2 Å². The molecule has 0 aromatic rings. The van der Waals surface area contributed by atoms with Crippen LogP contribution in [0.3, 0.4) is 0 Å². The molecule has 1 fully saturated rings. The van der Waals surface area contributed by atoms with Crippen molar-refractivity contribution in [2.24, 2.45) is 11.3 Å². The Hall–Kier alpha value is -0.120. The Bertz CT molecular complexity index is 270. The highest BCUT2D eigenvalue weighted by atomic mass is 15.3. The molecule has 1 saturated heterocycles. The van der Waals surface area contributed by atoms with Crippen LogP contribution in [0.5, 0.6) is 0 Å². The predicted octanol–water partition coefficient (Wildman–Crippen LogP) is 2.67. The maximum absolute atomic E-state index is 3.65. The minimum absolute atomic E-state index is 0.216. The molecule has 0 spiro atoms. The van der Waals surface area contributed by atoms with Crippen molar-refractivity contribution in [1.29, 1.82) is 0 Å². The average Bonchev–Trinajstić information content (AvgIpc) is 2.28. The Labute approximate surface area is 127 Å². The van der Waals surface area contributed by atoms with Crippen molar-refractivity contribution >= 4 is 0 Å². The molecule has 1 aliphatic rings. The largest absolute Gasteiger partial charge is 0.311 e. The van der Waals surface area contributed by atoms with E-state index in [0.717, 1.165) is 12.5 Å². The monoisotopic (exact) mass is 283 g/mol. The zero-order valence-electron chi connectivity index (χ0n) is 14.9. The summed E-state index contributed by atoms with van der Waals surface area (Å²) in [5.41, 5.74) is 0.556. The first-order valence-electron chi connectivity index (χ1n) is 8.27. The highest BCUT2D eigenvalue weighted by Gasteiger charge is 2.26. The molecule has 1 N–H and O–H groups in total. The first kappa shape index (κ1) is 17.9. The van der Waals surface area contributed by atoms with Crippen molar-refractivity contribution in [1.82, 2.24) is 15.1 Å². The number of nitrogens with one attached hydrogen (secondary N) is 1. The molecular weight excluding hydrogens is 246 g/mol. The van der Waals surface area contributed by atoms with E-state index < -0.39 is 0 Å². The third-order valence-corrected chi connectivity index (χ3v) is 3.84. The molecule has 0 aliphatic carbocycles. The second-order valence-corrected chi connectivity index (χ2v) is 8.74. The minimum Gasteiger partial charge on any atom is -0.311 e. The van der Waals surface area contributed by atoms with Gasteiger partial charge in [-0.15, -0.1) is 0 Å². The molecular formula is C17H37N3. The zero-order valence-corrected chi connectivity index (χ0v) is 14.9. The molecule has 0 bridgehead atoms. The van der Waals surface area contributed by atoms with E-state index in [-0.39, 0.29) is 5.54 Å². The summed E-state index contributed by atoms with van der Waals surface area (Å²) < 4.78 is 0. The van der Waals surface area contributed by atoms with E-state index >= 15 is 0 Å². The molecule has 0 saturated carbocycles. The van der Waals surface area contributed by atoms with Crippen LogP contribution in [0.2, 0.25) is 0 Å². The number of hydrogen-bond donors (Lipinski definition) is 1. The molecule has 3 heteroatoms. The first-order valence-corrected chi connectivity index (χ1v) is 8.27. The Morgan fingerprint density at radius 2 is 1.40 bits per heavy atom. The molecule has 1 rings (SSSR count). The van der Waals surface area contributed by atoms with Crippen molar-refractivity contribution in [2.45, 2.75) is 54.0 Å². The van der Waals surface area contributed by atoms with Gasteiger partial charge in [0.15, 0.2) is 0 Å². The van der Waals surface area contributed by atoms with Gasteiger partial charge in [-0.1, -0.05) is 27.7 Å². The van der Waals surface area contributed by atoms with Gasteiger partial charge in [-0.2, -0.15) is 0 Å². The lowest BCUT2D eigenvalue weighted by atomic mass is 9.91. The van der Waals surface area contributed by atoms with E-state index in [1.807, 2.05) is 0 Å². The molecule has 120 valence electrons. The van der Waals surface area contributed by atoms with E-state index in [1.54, 1.807) is 0 Å². The summed E-state index contributed by atoms with van der Waals surface area (Å²) in [6.07, 6.45) is 0. The number of nitrogens with zero attached hydrogens (tertiary/aromatic N) is 2. The van der Waals surface area contributed by atoms with Gasteiger partial charge in [-0.05, 0) is 32.1 Å². The van der Waals surface area contributed by atoms with Gasteiger partial charge in [0.2, 0.25) is 0 Å². The fourth-order valence-corrected chi connectivity index (χ4v) is 2.81. The quantitative estimate of drug-likeness (QED) is 0.808. The normalized spacial score (nSPS) is 19.8. The Balaban J connectivity index is 2.31. The van der Waals surface area contributed by atoms with Gasteiger partial charge in [0, 0.05) is 51.4 Å². The average molecular weight is 284 g/mol. The molecule has 1 aliphatic heterocycles.